The van der Waals surface area contributed by atoms with Crippen LogP contribution in [-0.2, 0) is 4.79 Å². The van der Waals surface area contributed by atoms with E-state index in [1.165, 1.54) is 12.1 Å². The number of carbonyl (C=O) groups excluding carboxylic acids is 1. The first-order valence-electron chi connectivity index (χ1n) is 9.20. The van der Waals surface area contributed by atoms with Gasteiger partial charge in [0.2, 0.25) is 0 Å². The summed E-state index contributed by atoms with van der Waals surface area (Å²) in [6, 6.07) is 15.4. The van der Waals surface area contributed by atoms with E-state index >= 15 is 0 Å². The standard InChI is InChI=1S/C23H17F2NO/c24-14-9-10-16(17(25)12-14)22-21-15-5-2-1-4-13(15)8-11-19(21)26-18-6-3-7-20(27)23(18)22/h1-2,4-5,8-12,22-23H,3,6-7H2. The van der Waals surface area contributed by atoms with Crippen LogP contribution < -0.4 is 0 Å². The van der Waals surface area contributed by atoms with Crippen LogP contribution in [0.4, 0.5) is 14.5 Å². The molecule has 1 heterocycles. The average Bonchev–Trinajstić information content (AvgIpc) is 2.67. The first-order chi connectivity index (χ1) is 13.1. The maximum absolute atomic E-state index is 14.8. The minimum absolute atomic E-state index is 0.0901. The van der Waals surface area contributed by atoms with Gasteiger partial charge in [0.05, 0.1) is 11.6 Å². The monoisotopic (exact) mass is 361 g/mol. The average molecular weight is 361 g/mol. The molecule has 3 aromatic rings. The van der Waals surface area contributed by atoms with Crippen molar-refractivity contribution in [3.63, 3.8) is 0 Å². The molecule has 2 nitrogen and oxygen atoms in total. The summed E-state index contributed by atoms with van der Waals surface area (Å²) in [5.41, 5.74) is 2.83. The van der Waals surface area contributed by atoms with Crippen LogP contribution in [0.5, 0.6) is 0 Å². The fourth-order valence-electron chi connectivity index (χ4n) is 4.56. The highest BCUT2D eigenvalue weighted by Crippen LogP contribution is 2.48. The van der Waals surface area contributed by atoms with Gasteiger partial charge in [0, 0.05) is 24.1 Å². The lowest BCUT2D eigenvalue weighted by molar-refractivity contribution is -0.121. The van der Waals surface area contributed by atoms with Gasteiger partial charge in [-0.1, -0.05) is 36.4 Å². The quantitative estimate of drug-likeness (QED) is 0.546. The first kappa shape index (κ1) is 16.3. The molecule has 2 unspecified atom stereocenters. The third kappa shape index (κ3) is 2.51. The van der Waals surface area contributed by atoms with Gasteiger partial charge < -0.3 is 0 Å². The second kappa shape index (κ2) is 6.08. The van der Waals surface area contributed by atoms with Gasteiger partial charge in [0.25, 0.3) is 0 Å². The summed E-state index contributed by atoms with van der Waals surface area (Å²) >= 11 is 0. The topological polar surface area (TPSA) is 29.4 Å². The Labute approximate surface area is 155 Å². The van der Waals surface area contributed by atoms with E-state index in [0.29, 0.717) is 12.0 Å². The zero-order valence-electron chi connectivity index (χ0n) is 14.6. The van der Waals surface area contributed by atoms with Crippen LogP contribution in [0, 0.1) is 17.6 Å². The van der Waals surface area contributed by atoms with E-state index < -0.39 is 23.5 Å². The fraction of sp³-hybridized carbons (Fsp3) is 0.217. The molecule has 1 saturated carbocycles. The number of ketones is 1. The highest BCUT2D eigenvalue weighted by Gasteiger charge is 2.42. The molecule has 2 atom stereocenters. The van der Waals surface area contributed by atoms with Gasteiger partial charge in [0.1, 0.15) is 17.4 Å². The van der Waals surface area contributed by atoms with Crippen molar-refractivity contribution in [2.75, 3.05) is 0 Å². The normalized spacial score (nSPS) is 21.6. The third-order valence-electron chi connectivity index (χ3n) is 5.72. The molecule has 0 radical (unpaired) electrons. The van der Waals surface area contributed by atoms with E-state index in [4.69, 9.17) is 4.99 Å². The summed E-state index contributed by atoms with van der Waals surface area (Å²) in [5.74, 6) is -2.09. The van der Waals surface area contributed by atoms with Crippen molar-refractivity contribution < 1.29 is 13.6 Å². The van der Waals surface area contributed by atoms with Crippen LogP contribution in [-0.4, -0.2) is 11.5 Å². The van der Waals surface area contributed by atoms with E-state index in [2.05, 4.69) is 0 Å². The predicted molar refractivity (Wildman–Crippen MR) is 102 cm³/mol. The molecular weight excluding hydrogens is 344 g/mol. The molecule has 0 amide bonds. The highest BCUT2D eigenvalue weighted by molar-refractivity contribution is 6.11. The third-order valence-corrected chi connectivity index (χ3v) is 5.72. The minimum atomic E-state index is -0.617. The Kier molecular flexibility index (Phi) is 3.67. The first-order valence-corrected chi connectivity index (χ1v) is 9.20. The summed E-state index contributed by atoms with van der Waals surface area (Å²) in [7, 11) is 0. The smallest absolute Gasteiger partial charge is 0.142 e. The van der Waals surface area contributed by atoms with E-state index in [1.807, 2.05) is 36.4 Å². The number of hydrogen-bond acceptors (Lipinski definition) is 2. The number of Topliss-reactive ketones (excluding diaryl/α,β-unsaturated/α-hetero) is 1. The Bertz CT molecular complexity index is 1120. The maximum atomic E-state index is 14.8. The molecule has 1 fully saturated rings. The molecule has 4 heteroatoms. The highest BCUT2D eigenvalue weighted by atomic mass is 19.1. The molecule has 0 spiro atoms. The summed E-state index contributed by atoms with van der Waals surface area (Å²) in [6.07, 6.45) is 1.99. The van der Waals surface area contributed by atoms with Crippen LogP contribution in [0.1, 0.15) is 36.3 Å². The van der Waals surface area contributed by atoms with Crippen molar-refractivity contribution in [2.24, 2.45) is 10.9 Å². The summed E-state index contributed by atoms with van der Waals surface area (Å²) in [5, 5.41) is 1.98. The molecule has 27 heavy (non-hydrogen) atoms. The molecule has 2 aliphatic rings. The SMILES string of the molecule is O=C1CCCC2=Nc3ccc4ccccc4c3C(c3ccc(F)cc3F)C12. The van der Waals surface area contributed by atoms with Gasteiger partial charge in [-0.05, 0) is 46.9 Å². The van der Waals surface area contributed by atoms with E-state index in [1.54, 1.807) is 0 Å². The van der Waals surface area contributed by atoms with Crippen LogP contribution in [0.3, 0.4) is 0 Å². The summed E-state index contributed by atoms with van der Waals surface area (Å²) in [4.78, 5) is 17.6. The van der Waals surface area contributed by atoms with Crippen molar-refractivity contribution in [2.45, 2.75) is 25.2 Å². The Balaban J connectivity index is 1.85. The predicted octanol–water partition coefficient (Wildman–Crippen LogP) is 5.71. The van der Waals surface area contributed by atoms with Gasteiger partial charge in [0.15, 0.2) is 0 Å². The largest absolute Gasteiger partial charge is 0.299 e. The van der Waals surface area contributed by atoms with Crippen molar-refractivity contribution in [1.29, 1.82) is 0 Å². The molecule has 0 saturated heterocycles. The number of benzene rings is 3. The Hall–Kier alpha value is -2.88. The molecular formula is C23H17F2NO. The Morgan fingerprint density at radius 2 is 1.78 bits per heavy atom. The van der Waals surface area contributed by atoms with Crippen LogP contribution in [0.2, 0.25) is 0 Å². The second-order valence-corrected chi connectivity index (χ2v) is 7.26. The molecule has 134 valence electrons. The van der Waals surface area contributed by atoms with Crippen LogP contribution >= 0.6 is 0 Å². The number of rotatable bonds is 1. The zero-order valence-corrected chi connectivity index (χ0v) is 14.6. The number of halogens is 2. The van der Waals surface area contributed by atoms with E-state index in [-0.39, 0.29) is 5.78 Å². The lowest BCUT2D eigenvalue weighted by Gasteiger charge is -2.36. The molecule has 0 bridgehead atoms. The Morgan fingerprint density at radius 1 is 0.926 bits per heavy atom. The van der Waals surface area contributed by atoms with E-state index in [9.17, 15) is 13.6 Å². The van der Waals surface area contributed by atoms with Crippen molar-refractivity contribution in [3.8, 4) is 0 Å². The number of aliphatic imine (C=N–C) groups is 1. The maximum Gasteiger partial charge on any atom is 0.142 e. The number of fused-ring (bicyclic) bond motifs is 4. The van der Waals surface area contributed by atoms with Crippen LogP contribution in [0.25, 0.3) is 10.8 Å². The van der Waals surface area contributed by atoms with Crippen molar-refractivity contribution >= 4 is 28.0 Å². The van der Waals surface area contributed by atoms with Crippen LogP contribution in [0.15, 0.2) is 59.6 Å². The number of nitrogens with zero attached hydrogens (tertiary/aromatic N) is 1. The van der Waals surface area contributed by atoms with Gasteiger partial charge in [-0.2, -0.15) is 0 Å². The lowest BCUT2D eigenvalue weighted by Crippen LogP contribution is -2.36. The Morgan fingerprint density at radius 3 is 2.63 bits per heavy atom. The van der Waals surface area contributed by atoms with Gasteiger partial charge in [-0.3, -0.25) is 9.79 Å². The lowest BCUT2D eigenvalue weighted by atomic mass is 9.68. The van der Waals surface area contributed by atoms with Gasteiger partial charge >= 0.3 is 0 Å². The summed E-state index contributed by atoms with van der Waals surface area (Å²) in [6.45, 7) is 0. The number of hydrogen-bond donors (Lipinski definition) is 0. The molecule has 1 aliphatic heterocycles. The van der Waals surface area contributed by atoms with Gasteiger partial charge in [-0.15, -0.1) is 0 Å². The molecule has 3 aromatic carbocycles. The molecule has 0 N–H and O–H groups in total. The minimum Gasteiger partial charge on any atom is -0.299 e. The van der Waals surface area contributed by atoms with E-state index in [0.717, 1.165) is 46.6 Å². The summed E-state index contributed by atoms with van der Waals surface area (Å²) < 4.78 is 28.4. The number of carbonyl (C=O) groups is 1. The zero-order chi connectivity index (χ0) is 18.5. The van der Waals surface area contributed by atoms with Gasteiger partial charge in [-0.25, -0.2) is 8.78 Å². The van der Waals surface area contributed by atoms with Crippen molar-refractivity contribution in [3.05, 3.63) is 77.4 Å². The van der Waals surface area contributed by atoms with Crippen molar-refractivity contribution in [1.82, 2.24) is 0 Å². The molecule has 1 aliphatic carbocycles. The molecule has 5 rings (SSSR count). The second-order valence-electron chi connectivity index (χ2n) is 7.26. The fourth-order valence-corrected chi connectivity index (χ4v) is 4.56. The molecule has 0 aromatic heterocycles.